The summed E-state index contributed by atoms with van der Waals surface area (Å²) in [7, 11) is 3.57. The van der Waals surface area contributed by atoms with Gasteiger partial charge in [-0.15, -0.1) is 10.2 Å². The molecule has 1 N–H and O–H groups in total. The molecule has 0 aliphatic heterocycles. The summed E-state index contributed by atoms with van der Waals surface area (Å²) in [5.41, 5.74) is 3.13. The topological polar surface area (TPSA) is 69.0 Å². The van der Waals surface area contributed by atoms with Crippen LogP contribution in [0.25, 0.3) is 11.4 Å². The minimum Gasteiger partial charge on any atom is -0.380 e. The Kier molecular flexibility index (Phi) is 6.62. The monoisotopic (exact) mass is 382 g/mol. The van der Waals surface area contributed by atoms with Crippen LogP contribution in [0, 0.1) is 0 Å². The molecule has 1 aromatic heterocycles. The van der Waals surface area contributed by atoms with E-state index in [0.29, 0.717) is 18.3 Å². The second kappa shape index (κ2) is 9.34. The van der Waals surface area contributed by atoms with Gasteiger partial charge < -0.3 is 14.6 Å². The quantitative estimate of drug-likeness (QED) is 0.607. The number of amides is 1. The van der Waals surface area contributed by atoms with Crippen molar-refractivity contribution in [1.29, 1.82) is 0 Å². The molecule has 0 spiro atoms. The molecule has 6 nitrogen and oxygen atoms in total. The first-order chi connectivity index (χ1) is 13.2. The number of benzene rings is 2. The van der Waals surface area contributed by atoms with Crippen molar-refractivity contribution in [2.45, 2.75) is 18.3 Å². The van der Waals surface area contributed by atoms with Gasteiger partial charge in [-0.05, 0) is 11.1 Å². The summed E-state index contributed by atoms with van der Waals surface area (Å²) < 4.78 is 7.10. The molecule has 140 valence electrons. The number of carbonyl (C=O) groups is 1. The molecular weight excluding hydrogens is 360 g/mol. The molecule has 0 saturated carbocycles. The Labute approximate surface area is 163 Å². The Balaban J connectivity index is 1.55. The van der Waals surface area contributed by atoms with Crippen LogP contribution in [0.5, 0.6) is 0 Å². The van der Waals surface area contributed by atoms with Crippen LogP contribution in [0.1, 0.15) is 11.1 Å². The maximum absolute atomic E-state index is 12.2. The predicted octanol–water partition coefficient (Wildman–Crippen LogP) is 3.04. The van der Waals surface area contributed by atoms with E-state index in [1.54, 1.807) is 7.11 Å². The maximum atomic E-state index is 12.2. The average molecular weight is 382 g/mol. The Bertz CT molecular complexity index is 896. The number of thioether (sulfide) groups is 1. The summed E-state index contributed by atoms with van der Waals surface area (Å²) in [5, 5.41) is 12.1. The summed E-state index contributed by atoms with van der Waals surface area (Å²) in [5.74, 6) is 1.02. The number of methoxy groups -OCH3 is 1. The van der Waals surface area contributed by atoms with Crippen molar-refractivity contribution in [2.24, 2.45) is 7.05 Å². The number of rotatable bonds is 8. The number of aromatic nitrogens is 3. The van der Waals surface area contributed by atoms with Gasteiger partial charge in [-0.25, -0.2) is 0 Å². The van der Waals surface area contributed by atoms with Crippen molar-refractivity contribution in [3.05, 3.63) is 65.7 Å². The van der Waals surface area contributed by atoms with Crippen LogP contribution < -0.4 is 5.32 Å². The second-order valence-corrected chi connectivity index (χ2v) is 6.94. The van der Waals surface area contributed by atoms with E-state index in [2.05, 4.69) is 15.5 Å². The summed E-state index contributed by atoms with van der Waals surface area (Å²) in [6.45, 7) is 1.01. The second-order valence-electron chi connectivity index (χ2n) is 6.00. The largest absolute Gasteiger partial charge is 0.380 e. The molecule has 1 heterocycles. The Morgan fingerprint density at radius 2 is 1.78 bits per heavy atom. The lowest BCUT2D eigenvalue weighted by Crippen LogP contribution is -2.25. The molecule has 27 heavy (non-hydrogen) atoms. The van der Waals surface area contributed by atoms with Crippen molar-refractivity contribution in [2.75, 3.05) is 12.9 Å². The number of hydrogen-bond donors (Lipinski definition) is 1. The smallest absolute Gasteiger partial charge is 0.230 e. The lowest BCUT2D eigenvalue weighted by Gasteiger charge is -2.10. The first-order valence-corrected chi connectivity index (χ1v) is 9.57. The van der Waals surface area contributed by atoms with Crippen LogP contribution in [-0.2, 0) is 29.7 Å². The number of nitrogens with zero attached hydrogens (tertiary/aromatic N) is 3. The average Bonchev–Trinajstić information content (AvgIpc) is 3.07. The molecule has 3 rings (SSSR count). The van der Waals surface area contributed by atoms with Gasteiger partial charge in [0.25, 0.3) is 0 Å². The number of hydrogen-bond acceptors (Lipinski definition) is 5. The molecule has 0 atom stereocenters. The fourth-order valence-corrected chi connectivity index (χ4v) is 3.42. The van der Waals surface area contributed by atoms with E-state index < -0.39 is 0 Å². The fraction of sp³-hybridized carbons (Fsp3) is 0.250. The first kappa shape index (κ1) is 19.1. The van der Waals surface area contributed by atoms with E-state index in [1.165, 1.54) is 11.8 Å². The summed E-state index contributed by atoms with van der Waals surface area (Å²) in [6.07, 6.45) is 0. The third-order valence-electron chi connectivity index (χ3n) is 4.09. The molecule has 0 bridgehead atoms. The minimum absolute atomic E-state index is 0.0449. The number of nitrogens with one attached hydrogen (secondary N) is 1. The van der Waals surface area contributed by atoms with Crippen molar-refractivity contribution in [3.8, 4) is 11.4 Å². The van der Waals surface area contributed by atoms with Crippen LogP contribution in [0.2, 0.25) is 0 Å². The Morgan fingerprint density at radius 1 is 1.07 bits per heavy atom. The van der Waals surface area contributed by atoms with Gasteiger partial charge in [0.2, 0.25) is 5.91 Å². The highest BCUT2D eigenvalue weighted by Gasteiger charge is 2.13. The lowest BCUT2D eigenvalue weighted by atomic mass is 10.1. The van der Waals surface area contributed by atoms with E-state index in [-0.39, 0.29) is 11.7 Å². The van der Waals surface area contributed by atoms with Crippen molar-refractivity contribution in [1.82, 2.24) is 20.1 Å². The fourth-order valence-electron chi connectivity index (χ4n) is 2.68. The molecule has 0 unspecified atom stereocenters. The van der Waals surface area contributed by atoms with Gasteiger partial charge in [-0.1, -0.05) is 66.4 Å². The van der Waals surface area contributed by atoms with Gasteiger partial charge in [0.05, 0.1) is 12.4 Å². The van der Waals surface area contributed by atoms with E-state index in [4.69, 9.17) is 4.74 Å². The number of ether oxygens (including phenoxy) is 1. The standard InChI is InChI=1S/C20H22N4O2S/c1-24-19(15-8-4-3-5-9-15)22-23-20(24)27-14-18(25)21-12-16-10-6-7-11-17(16)13-26-2/h3-11H,12-14H2,1-2H3,(H,21,25). The summed E-state index contributed by atoms with van der Waals surface area (Å²) in [4.78, 5) is 12.2. The highest BCUT2D eigenvalue weighted by atomic mass is 32.2. The zero-order chi connectivity index (χ0) is 19.1. The van der Waals surface area contributed by atoms with Crippen molar-refractivity contribution >= 4 is 17.7 Å². The molecule has 3 aromatic rings. The van der Waals surface area contributed by atoms with Crippen LogP contribution in [-0.4, -0.2) is 33.5 Å². The van der Waals surface area contributed by atoms with E-state index in [0.717, 1.165) is 22.5 Å². The molecule has 7 heteroatoms. The molecule has 0 aliphatic carbocycles. The third kappa shape index (κ3) is 4.96. The molecule has 1 amide bonds. The molecule has 2 aromatic carbocycles. The SMILES string of the molecule is COCc1ccccc1CNC(=O)CSc1nnc(-c2ccccc2)n1C. The van der Waals surface area contributed by atoms with Gasteiger partial charge in [0, 0.05) is 26.3 Å². The van der Waals surface area contributed by atoms with E-state index in [9.17, 15) is 4.79 Å². The zero-order valence-corrected chi connectivity index (χ0v) is 16.2. The van der Waals surface area contributed by atoms with Gasteiger partial charge in [0.1, 0.15) is 0 Å². The van der Waals surface area contributed by atoms with Gasteiger partial charge in [-0.3, -0.25) is 4.79 Å². The van der Waals surface area contributed by atoms with Crippen LogP contribution in [0.15, 0.2) is 59.8 Å². The zero-order valence-electron chi connectivity index (χ0n) is 15.4. The van der Waals surface area contributed by atoms with Gasteiger partial charge in [0.15, 0.2) is 11.0 Å². The Hall–Kier alpha value is -2.64. The minimum atomic E-state index is -0.0449. The van der Waals surface area contributed by atoms with Crippen LogP contribution >= 0.6 is 11.8 Å². The Morgan fingerprint density at radius 3 is 2.52 bits per heavy atom. The molecule has 0 aliphatic rings. The van der Waals surface area contributed by atoms with E-state index in [1.807, 2.05) is 66.2 Å². The van der Waals surface area contributed by atoms with Crippen LogP contribution in [0.3, 0.4) is 0 Å². The predicted molar refractivity (Wildman–Crippen MR) is 106 cm³/mol. The number of carbonyl (C=O) groups excluding carboxylic acids is 1. The molecule has 0 radical (unpaired) electrons. The third-order valence-corrected chi connectivity index (χ3v) is 5.11. The molecule has 0 saturated heterocycles. The van der Waals surface area contributed by atoms with Gasteiger partial charge in [-0.2, -0.15) is 0 Å². The molecule has 0 fully saturated rings. The van der Waals surface area contributed by atoms with Crippen molar-refractivity contribution < 1.29 is 9.53 Å². The lowest BCUT2D eigenvalue weighted by molar-refractivity contribution is -0.118. The highest BCUT2D eigenvalue weighted by molar-refractivity contribution is 7.99. The van der Waals surface area contributed by atoms with E-state index >= 15 is 0 Å². The normalized spacial score (nSPS) is 10.7. The van der Waals surface area contributed by atoms with Crippen molar-refractivity contribution in [3.63, 3.8) is 0 Å². The molecular formula is C20H22N4O2S. The first-order valence-electron chi connectivity index (χ1n) is 8.59. The van der Waals surface area contributed by atoms with Gasteiger partial charge >= 0.3 is 0 Å². The highest BCUT2D eigenvalue weighted by Crippen LogP contribution is 2.22. The summed E-state index contributed by atoms with van der Waals surface area (Å²) in [6, 6.07) is 17.8. The van der Waals surface area contributed by atoms with Crippen LogP contribution in [0.4, 0.5) is 0 Å². The summed E-state index contributed by atoms with van der Waals surface area (Å²) >= 11 is 1.37. The maximum Gasteiger partial charge on any atom is 0.230 e.